The highest BCUT2D eigenvalue weighted by atomic mass is 16.6. The van der Waals surface area contributed by atoms with Crippen LogP contribution in [0.5, 0.6) is 0 Å². The molecular weight excluding hydrogens is 264 g/mol. The van der Waals surface area contributed by atoms with Crippen LogP contribution >= 0.6 is 0 Å². The SMILES string of the molecule is Cc1ccc(CNC2CC2)cc1-c1cccc([N+](=O)[O-])c1. The Balaban J connectivity index is 1.90. The van der Waals surface area contributed by atoms with Gasteiger partial charge in [-0.15, -0.1) is 0 Å². The van der Waals surface area contributed by atoms with Crippen molar-refractivity contribution < 1.29 is 4.92 Å². The summed E-state index contributed by atoms with van der Waals surface area (Å²) in [5.74, 6) is 0. The number of non-ortho nitro benzene ring substituents is 1. The van der Waals surface area contributed by atoms with Crippen molar-refractivity contribution in [3.05, 3.63) is 63.7 Å². The van der Waals surface area contributed by atoms with Crippen molar-refractivity contribution >= 4 is 5.69 Å². The number of nitro groups is 1. The Bertz CT molecular complexity index is 678. The monoisotopic (exact) mass is 282 g/mol. The number of hydrogen-bond acceptors (Lipinski definition) is 3. The maximum Gasteiger partial charge on any atom is 0.270 e. The van der Waals surface area contributed by atoms with Gasteiger partial charge >= 0.3 is 0 Å². The molecule has 108 valence electrons. The van der Waals surface area contributed by atoms with Gasteiger partial charge in [0.15, 0.2) is 0 Å². The summed E-state index contributed by atoms with van der Waals surface area (Å²) in [6, 6.07) is 13.8. The molecule has 0 aliphatic heterocycles. The molecule has 3 rings (SSSR count). The van der Waals surface area contributed by atoms with Crippen molar-refractivity contribution in [2.75, 3.05) is 0 Å². The minimum absolute atomic E-state index is 0.133. The summed E-state index contributed by atoms with van der Waals surface area (Å²) in [6.07, 6.45) is 2.53. The van der Waals surface area contributed by atoms with Gasteiger partial charge in [0.1, 0.15) is 0 Å². The van der Waals surface area contributed by atoms with E-state index in [1.165, 1.54) is 24.5 Å². The highest BCUT2D eigenvalue weighted by Crippen LogP contribution is 2.28. The molecule has 0 unspecified atom stereocenters. The largest absolute Gasteiger partial charge is 0.310 e. The molecule has 0 radical (unpaired) electrons. The molecule has 0 atom stereocenters. The number of nitrogens with one attached hydrogen (secondary N) is 1. The molecule has 21 heavy (non-hydrogen) atoms. The van der Waals surface area contributed by atoms with Crippen LogP contribution in [0, 0.1) is 17.0 Å². The number of aryl methyl sites for hydroxylation is 1. The fourth-order valence-electron chi connectivity index (χ4n) is 2.43. The molecule has 4 heteroatoms. The number of nitro benzene ring substituents is 1. The predicted octanol–water partition coefficient (Wildman–Crippen LogP) is 3.82. The lowest BCUT2D eigenvalue weighted by Crippen LogP contribution is -2.15. The van der Waals surface area contributed by atoms with Gasteiger partial charge in [0, 0.05) is 24.7 Å². The second kappa shape index (κ2) is 5.66. The quantitative estimate of drug-likeness (QED) is 0.670. The van der Waals surface area contributed by atoms with E-state index >= 15 is 0 Å². The molecule has 2 aromatic carbocycles. The van der Waals surface area contributed by atoms with Gasteiger partial charge < -0.3 is 5.32 Å². The summed E-state index contributed by atoms with van der Waals surface area (Å²) in [5.41, 5.74) is 4.44. The van der Waals surface area contributed by atoms with Crippen LogP contribution in [0.3, 0.4) is 0 Å². The number of hydrogen-bond donors (Lipinski definition) is 1. The van der Waals surface area contributed by atoms with Crippen molar-refractivity contribution in [3.8, 4) is 11.1 Å². The van der Waals surface area contributed by atoms with Gasteiger partial charge in [-0.05, 0) is 48.1 Å². The Morgan fingerprint density at radius 2 is 2.05 bits per heavy atom. The predicted molar refractivity (Wildman–Crippen MR) is 83.1 cm³/mol. The Morgan fingerprint density at radius 3 is 2.76 bits per heavy atom. The molecule has 2 aromatic rings. The third-order valence-corrected chi connectivity index (χ3v) is 3.84. The lowest BCUT2D eigenvalue weighted by atomic mass is 9.97. The highest BCUT2D eigenvalue weighted by Gasteiger charge is 2.20. The molecule has 0 amide bonds. The topological polar surface area (TPSA) is 55.2 Å². The first-order valence-corrected chi connectivity index (χ1v) is 7.21. The van der Waals surface area contributed by atoms with Gasteiger partial charge in [0.2, 0.25) is 0 Å². The van der Waals surface area contributed by atoms with Crippen LogP contribution < -0.4 is 5.32 Å². The highest BCUT2D eigenvalue weighted by molar-refractivity contribution is 5.70. The Hall–Kier alpha value is -2.20. The minimum atomic E-state index is -0.350. The zero-order chi connectivity index (χ0) is 14.8. The summed E-state index contributed by atoms with van der Waals surface area (Å²) < 4.78 is 0. The number of benzene rings is 2. The van der Waals surface area contributed by atoms with E-state index in [9.17, 15) is 10.1 Å². The van der Waals surface area contributed by atoms with Crippen molar-refractivity contribution in [2.45, 2.75) is 32.4 Å². The lowest BCUT2D eigenvalue weighted by molar-refractivity contribution is -0.384. The molecule has 1 N–H and O–H groups in total. The summed E-state index contributed by atoms with van der Waals surface area (Å²) in [4.78, 5) is 10.6. The third-order valence-electron chi connectivity index (χ3n) is 3.84. The Kier molecular flexibility index (Phi) is 3.71. The molecule has 0 aromatic heterocycles. The number of rotatable bonds is 5. The van der Waals surface area contributed by atoms with Gasteiger partial charge in [-0.2, -0.15) is 0 Å². The summed E-state index contributed by atoms with van der Waals surface area (Å²) in [7, 11) is 0. The zero-order valence-corrected chi connectivity index (χ0v) is 12.0. The van der Waals surface area contributed by atoms with Gasteiger partial charge in [0.25, 0.3) is 5.69 Å². The first-order chi connectivity index (χ1) is 10.1. The van der Waals surface area contributed by atoms with Gasteiger partial charge in [-0.1, -0.05) is 24.3 Å². The van der Waals surface area contributed by atoms with E-state index in [0.29, 0.717) is 6.04 Å². The van der Waals surface area contributed by atoms with E-state index in [0.717, 1.165) is 23.2 Å². The lowest BCUT2D eigenvalue weighted by Gasteiger charge is -2.10. The first-order valence-electron chi connectivity index (χ1n) is 7.21. The zero-order valence-electron chi connectivity index (χ0n) is 12.0. The van der Waals surface area contributed by atoms with Crippen LogP contribution in [0.25, 0.3) is 11.1 Å². The van der Waals surface area contributed by atoms with Crippen molar-refractivity contribution in [3.63, 3.8) is 0 Å². The average Bonchev–Trinajstić information content (AvgIpc) is 3.31. The minimum Gasteiger partial charge on any atom is -0.310 e. The summed E-state index contributed by atoms with van der Waals surface area (Å²) in [5, 5.41) is 14.4. The molecule has 0 heterocycles. The van der Waals surface area contributed by atoms with Crippen LogP contribution in [0.15, 0.2) is 42.5 Å². The molecule has 1 saturated carbocycles. The van der Waals surface area contributed by atoms with Gasteiger partial charge in [-0.3, -0.25) is 10.1 Å². The van der Waals surface area contributed by atoms with Crippen molar-refractivity contribution in [1.82, 2.24) is 5.32 Å². The number of nitrogens with zero attached hydrogens (tertiary/aromatic N) is 1. The normalized spacial score (nSPS) is 14.1. The van der Waals surface area contributed by atoms with E-state index in [-0.39, 0.29) is 10.6 Å². The van der Waals surface area contributed by atoms with E-state index < -0.39 is 0 Å². The summed E-state index contributed by atoms with van der Waals surface area (Å²) in [6.45, 7) is 2.89. The molecule has 1 aliphatic carbocycles. The smallest absolute Gasteiger partial charge is 0.270 e. The maximum absolute atomic E-state index is 10.9. The standard InChI is InChI=1S/C17H18N2O2/c1-12-5-6-13(11-18-15-7-8-15)9-17(12)14-3-2-4-16(10-14)19(20)21/h2-6,9-10,15,18H,7-8,11H2,1H3. The summed E-state index contributed by atoms with van der Waals surface area (Å²) >= 11 is 0. The van der Waals surface area contributed by atoms with E-state index in [2.05, 4.69) is 23.5 Å². The molecule has 0 saturated heterocycles. The average molecular weight is 282 g/mol. The van der Waals surface area contributed by atoms with Crippen LogP contribution in [-0.4, -0.2) is 11.0 Å². The van der Waals surface area contributed by atoms with Gasteiger partial charge in [0.05, 0.1) is 4.92 Å². The second-order valence-corrected chi connectivity index (χ2v) is 5.61. The molecule has 1 aliphatic rings. The molecular formula is C17H18N2O2. The fourth-order valence-corrected chi connectivity index (χ4v) is 2.43. The molecule has 0 spiro atoms. The van der Waals surface area contributed by atoms with E-state index in [4.69, 9.17) is 0 Å². The molecule has 4 nitrogen and oxygen atoms in total. The van der Waals surface area contributed by atoms with Crippen LogP contribution in [0.1, 0.15) is 24.0 Å². The van der Waals surface area contributed by atoms with Crippen molar-refractivity contribution in [2.24, 2.45) is 0 Å². The van der Waals surface area contributed by atoms with E-state index in [1.54, 1.807) is 12.1 Å². The second-order valence-electron chi connectivity index (χ2n) is 5.61. The van der Waals surface area contributed by atoms with Crippen molar-refractivity contribution in [1.29, 1.82) is 0 Å². The maximum atomic E-state index is 10.9. The first kappa shape index (κ1) is 13.8. The van der Waals surface area contributed by atoms with E-state index in [1.807, 2.05) is 13.0 Å². The molecule has 1 fully saturated rings. The Labute approximate surface area is 124 Å². The van der Waals surface area contributed by atoms with Gasteiger partial charge in [-0.25, -0.2) is 0 Å². The van der Waals surface area contributed by atoms with Crippen LogP contribution in [0.4, 0.5) is 5.69 Å². The van der Waals surface area contributed by atoms with Crippen LogP contribution in [0.2, 0.25) is 0 Å². The Morgan fingerprint density at radius 1 is 1.24 bits per heavy atom. The fraction of sp³-hybridized carbons (Fsp3) is 0.294. The molecule has 0 bridgehead atoms. The third kappa shape index (κ3) is 3.28. The van der Waals surface area contributed by atoms with Crippen LogP contribution in [-0.2, 0) is 6.54 Å².